The third-order valence-corrected chi connectivity index (χ3v) is 4.65. The third-order valence-electron chi connectivity index (χ3n) is 3.38. The highest BCUT2D eigenvalue weighted by Crippen LogP contribution is 2.29. The first kappa shape index (κ1) is 14.3. The molecule has 1 aliphatic rings. The summed E-state index contributed by atoms with van der Waals surface area (Å²) in [5, 5.41) is 6.67. The number of anilines is 2. The molecule has 0 aliphatic heterocycles. The topological polar surface area (TPSA) is 66.9 Å². The molecule has 2 aromatic heterocycles. The molecule has 7 heteroatoms. The van der Waals surface area contributed by atoms with Gasteiger partial charge in [0.15, 0.2) is 5.13 Å². The number of amides is 1. The number of aromatic nitrogens is 2. The molecule has 21 heavy (non-hydrogen) atoms. The van der Waals surface area contributed by atoms with E-state index in [1.165, 1.54) is 17.7 Å². The van der Waals surface area contributed by atoms with Gasteiger partial charge in [0, 0.05) is 17.5 Å². The normalized spacial score (nSPS) is 13.6. The minimum atomic E-state index is -0.220. The quantitative estimate of drug-likeness (QED) is 0.850. The highest BCUT2D eigenvalue weighted by Gasteiger charge is 2.17. The molecule has 2 N–H and O–H groups in total. The Labute approximate surface area is 131 Å². The zero-order valence-corrected chi connectivity index (χ0v) is 13.1. The maximum atomic E-state index is 12.3. The van der Waals surface area contributed by atoms with Gasteiger partial charge in [-0.15, -0.1) is 11.3 Å². The largest absolute Gasteiger partial charge is 0.373 e. The van der Waals surface area contributed by atoms with Crippen molar-refractivity contribution in [1.29, 1.82) is 0 Å². The Morgan fingerprint density at radius 3 is 2.86 bits per heavy atom. The standard InChI is InChI=1S/C14H15ClN4OS/c1-16-12-7-8(6-11(15)18-12)13(20)19-14-17-9-4-2-3-5-10(9)21-14/h6-7H,2-5H2,1H3,(H,16,18)(H,17,19,20). The van der Waals surface area contributed by atoms with E-state index in [1.807, 2.05) is 0 Å². The van der Waals surface area contributed by atoms with Gasteiger partial charge in [0.1, 0.15) is 11.0 Å². The summed E-state index contributed by atoms with van der Waals surface area (Å²) in [4.78, 5) is 22.1. The highest BCUT2D eigenvalue weighted by molar-refractivity contribution is 7.15. The van der Waals surface area contributed by atoms with Gasteiger partial charge in [-0.05, 0) is 37.8 Å². The second-order valence-corrected chi connectivity index (χ2v) is 6.33. The van der Waals surface area contributed by atoms with Gasteiger partial charge < -0.3 is 5.32 Å². The van der Waals surface area contributed by atoms with Crippen molar-refractivity contribution in [1.82, 2.24) is 9.97 Å². The minimum absolute atomic E-state index is 0.220. The molecule has 110 valence electrons. The first-order chi connectivity index (χ1) is 10.2. The molecule has 0 fully saturated rings. The van der Waals surface area contributed by atoms with Gasteiger partial charge in [0.25, 0.3) is 5.91 Å². The zero-order chi connectivity index (χ0) is 14.8. The van der Waals surface area contributed by atoms with Crippen LogP contribution in [0.15, 0.2) is 12.1 Å². The fourth-order valence-corrected chi connectivity index (χ4v) is 3.58. The molecule has 5 nitrogen and oxygen atoms in total. The molecule has 0 aromatic carbocycles. The summed E-state index contributed by atoms with van der Waals surface area (Å²) in [6, 6.07) is 3.21. The molecule has 1 aliphatic carbocycles. The number of nitrogens with zero attached hydrogens (tertiary/aromatic N) is 2. The maximum Gasteiger partial charge on any atom is 0.257 e. The van der Waals surface area contributed by atoms with E-state index < -0.39 is 0 Å². The van der Waals surface area contributed by atoms with Crippen LogP contribution in [0.2, 0.25) is 5.15 Å². The lowest BCUT2D eigenvalue weighted by Crippen LogP contribution is -2.12. The van der Waals surface area contributed by atoms with Crippen LogP contribution in [-0.4, -0.2) is 22.9 Å². The van der Waals surface area contributed by atoms with Gasteiger partial charge in [0.05, 0.1) is 5.69 Å². The molecule has 0 saturated carbocycles. The molecular formula is C14H15ClN4OS. The minimum Gasteiger partial charge on any atom is -0.373 e. The first-order valence-corrected chi connectivity index (χ1v) is 8.00. The fraction of sp³-hybridized carbons (Fsp3) is 0.357. The summed E-state index contributed by atoms with van der Waals surface area (Å²) in [6.45, 7) is 0. The van der Waals surface area contributed by atoms with Gasteiger partial charge in [-0.25, -0.2) is 9.97 Å². The Morgan fingerprint density at radius 1 is 1.29 bits per heavy atom. The summed E-state index contributed by atoms with van der Waals surface area (Å²) in [7, 11) is 1.73. The van der Waals surface area contributed by atoms with E-state index in [9.17, 15) is 4.79 Å². The Hall–Kier alpha value is -1.66. The number of halogens is 1. The molecular weight excluding hydrogens is 308 g/mol. The van der Waals surface area contributed by atoms with E-state index >= 15 is 0 Å². The molecule has 2 heterocycles. The fourth-order valence-electron chi connectivity index (χ4n) is 2.33. The SMILES string of the molecule is CNc1cc(C(=O)Nc2nc3c(s2)CCCC3)cc(Cl)n1. The van der Waals surface area contributed by atoms with E-state index in [4.69, 9.17) is 11.6 Å². The average molecular weight is 323 g/mol. The summed E-state index contributed by atoms with van der Waals surface area (Å²) in [5.41, 5.74) is 1.60. The second kappa shape index (κ2) is 5.99. The molecule has 0 atom stereocenters. The van der Waals surface area contributed by atoms with Gasteiger partial charge in [-0.1, -0.05) is 11.6 Å². The van der Waals surface area contributed by atoms with Crippen LogP contribution in [0.3, 0.4) is 0 Å². The Balaban J connectivity index is 1.79. The smallest absolute Gasteiger partial charge is 0.257 e. The third kappa shape index (κ3) is 3.16. The van der Waals surface area contributed by atoms with Crippen LogP contribution in [0.4, 0.5) is 10.9 Å². The predicted octanol–water partition coefficient (Wildman–Crippen LogP) is 3.36. The van der Waals surface area contributed by atoms with Crippen molar-refractivity contribution in [3.8, 4) is 0 Å². The number of rotatable bonds is 3. The van der Waals surface area contributed by atoms with Crippen molar-refractivity contribution in [3.63, 3.8) is 0 Å². The van der Waals surface area contributed by atoms with Crippen LogP contribution < -0.4 is 10.6 Å². The van der Waals surface area contributed by atoms with E-state index in [-0.39, 0.29) is 11.1 Å². The van der Waals surface area contributed by atoms with Gasteiger partial charge in [-0.2, -0.15) is 0 Å². The van der Waals surface area contributed by atoms with Gasteiger partial charge >= 0.3 is 0 Å². The number of nitrogens with one attached hydrogen (secondary N) is 2. The van der Waals surface area contributed by atoms with E-state index in [2.05, 4.69) is 20.6 Å². The Morgan fingerprint density at radius 2 is 2.10 bits per heavy atom. The Kier molecular flexibility index (Phi) is 4.07. The van der Waals surface area contributed by atoms with Crippen LogP contribution >= 0.6 is 22.9 Å². The summed E-state index contributed by atoms with van der Waals surface area (Å²) >= 11 is 7.48. The first-order valence-electron chi connectivity index (χ1n) is 6.81. The van der Waals surface area contributed by atoms with Crippen LogP contribution in [0.5, 0.6) is 0 Å². The number of hydrogen-bond donors (Lipinski definition) is 2. The number of fused-ring (bicyclic) bond motifs is 1. The molecule has 0 radical (unpaired) electrons. The molecule has 3 rings (SSSR count). The molecule has 0 unspecified atom stereocenters. The van der Waals surface area contributed by atoms with Crippen molar-refractivity contribution in [3.05, 3.63) is 33.4 Å². The molecule has 0 bridgehead atoms. The zero-order valence-electron chi connectivity index (χ0n) is 11.6. The average Bonchev–Trinajstić information content (AvgIpc) is 2.88. The Bertz CT molecular complexity index is 662. The summed E-state index contributed by atoms with van der Waals surface area (Å²) < 4.78 is 0. The predicted molar refractivity (Wildman–Crippen MR) is 85.5 cm³/mol. The number of hydrogen-bond acceptors (Lipinski definition) is 5. The number of carbonyl (C=O) groups is 1. The lowest BCUT2D eigenvalue weighted by atomic mass is 10.0. The van der Waals surface area contributed by atoms with Crippen LogP contribution in [0.1, 0.15) is 33.8 Å². The van der Waals surface area contributed by atoms with Crippen molar-refractivity contribution in [2.24, 2.45) is 0 Å². The van der Waals surface area contributed by atoms with Crippen molar-refractivity contribution in [2.45, 2.75) is 25.7 Å². The van der Waals surface area contributed by atoms with Crippen LogP contribution in [-0.2, 0) is 12.8 Å². The number of aryl methyl sites for hydroxylation is 2. The van der Waals surface area contributed by atoms with Crippen LogP contribution in [0.25, 0.3) is 0 Å². The van der Waals surface area contributed by atoms with Crippen LogP contribution in [0, 0.1) is 0 Å². The summed E-state index contributed by atoms with van der Waals surface area (Å²) in [6.07, 6.45) is 4.45. The van der Waals surface area contributed by atoms with Gasteiger partial charge in [0.2, 0.25) is 0 Å². The number of pyridine rings is 1. The van der Waals surface area contributed by atoms with Crippen molar-refractivity contribution < 1.29 is 4.79 Å². The van der Waals surface area contributed by atoms with Crippen molar-refractivity contribution >= 4 is 39.8 Å². The monoisotopic (exact) mass is 322 g/mol. The maximum absolute atomic E-state index is 12.3. The second-order valence-electron chi connectivity index (χ2n) is 4.86. The van der Waals surface area contributed by atoms with E-state index in [1.54, 1.807) is 30.5 Å². The molecule has 2 aromatic rings. The number of thiazole rings is 1. The van der Waals surface area contributed by atoms with Crippen molar-refractivity contribution in [2.75, 3.05) is 17.7 Å². The molecule has 0 spiro atoms. The lowest BCUT2D eigenvalue weighted by molar-refractivity contribution is 0.102. The lowest BCUT2D eigenvalue weighted by Gasteiger charge is -2.06. The van der Waals surface area contributed by atoms with E-state index in [0.717, 1.165) is 18.5 Å². The summed E-state index contributed by atoms with van der Waals surface area (Å²) in [5.74, 6) is 0.341. The molecule has 1 amide bonds. The van der Waals surface area contributed by atoms with Gasteiger partial charge in [-0.3, -0.25) is 10.1 Å². The van der Waals surface area contributed by atoms with E-state index in [0.29, 0.717) is 16.5 Å². The highest BCUT2D eigenvalue weighted by atomic mass is 35.5. The molecule has 0 saturated heterocycles. The number of carbonyl (C=O) groups excluding carboxylic acids is 1.